The third-order valence-electron chi connectivity index (χ3n) is 3.67. The Bertz CT molecular complexity index is 645. The fraction of sp³-hybridized carbons (Fsp3) is 0.333. The summed E-state index contributed by atoms with van der Waals surface area (Å²) in [5.41, 5.74) is 3.20. The Hall–Kier alpha value is -2.17. The third-order valence-corrected chi connectivity index (χ3v) is 3.67. The van der Waals surface area contributed by atoms with E-state index < -0.39 is 11.7 Å². The quantitative estimate of drug-likeness (QED) is 0.787. The van der Waals surface area contributed by atoms with Gasteiger partial charge in [-0.1, -0.05) is 24.3 Å². The lowest BCUT2D eigenvalue weighted by Gasteiger charge is -2.19. The summed E-state index contributed by atoms with van der Waals surface area (Å²) in [5, 5.41) is 6.46. The predicted octanol–water partition coefficient (Wildman–Crippen LogP) is 5.23. The van der Waals surface area contributed by atoms with Crippen molar-refractivity contribution in [1.82, 2.24) is 0 Å². The van der Waals surface area contributed by atoms with Crippen molar-refractivity contribution in [3.8, 4) is 0 Å². The van der Waals surface area contributed by atoms with Crippen LogP contribution in [0.2, 0.25) is 0 Å². The molecule has 23 heavy (non-hydrogen) atoms. The zero-order valence-electron chi connectivity index (χ0n) is 13.5. The fourth-order valence-electron chi connectivity index (χ4n) is 2.47. The Morgan fingerprint density at radius 2 is 1.61 bits per heavy atom. The molecule has 5 heteroatoms. The van der Waals surface area contributed by atoms with Crippen LogP contribution in [0.4, 0.5) is 24.5 Å². The highest BCUT2D eigenvalue weighted by atomic mass is 19.4. The molecule has 0 radical (unpaired) electrons. The van der Waals surface area contributed by atoms with E-state index in [9.17, 15) is 13.2 Å². The Labute approximate surface area is 134 Å². The van der Waals surface area contributed by atoms with Crippen LogP contribution in [0.25, 0.3) is 0 Å². The first-order valence-electron chi connectivity index (χ1n) is 7.51. The molecule has 1 unspecified atom stereocenters. The van der Waals surface area contributed by atoms with E-state index in [-0.39, 0.29) is 6.04 Å². The molecule has 0 bridgehead atoms. The first kappa shape index (κ1) is 17.2. The van der Waals surface area contributed by atoms with E-state index in [0.29, 0.717) is 12.2 Å². The van der Waals surface area contributed by atoms with Crippen molar-refractivity contribution in [2.75, 3.05) is 17.2 Å². The molecule has 0 aliphatic carbocycles. The van der Waals surface area contributed by atoms with Crippen molar-refractivity contribution in [2.45, 2.75) is 33.0 Å². The van der Waals surface area contributed by atoms with Gasteiger partial charge in [0.2, 0.25) is 0 Å². The zero-order valence-corrected chi connectivity index (χ0v) is 13.5. The van der Waals surface area contributed by atoms with E-state index in [1.54, 1.807) is 6.07 Å². The molecular formula is C18H21F3N2. The maximum absolute atomic E-state index is 12.7. The van der Waals surface area contributed by atoms with E-state index >= 15 is 0 Å². The Morgan fingerprint density at radius 3 is 2.22 bits per heavy atom. The second kappa shape index (κ2) is 6.94. The minimum Gasteiger partial charge on any atom is -0.383 e. The maximum Gasteiger partial charge on any atom is 0.416 e. The summed E-state index contributed by atoms with van der Waals surface area (Å²) in [4.78, 5) is 0. The molecule has 0 saturated carbocycles. The maximum atomic E-state index is 12.7. The summed E-state index contributed by atoms with van der Waals surface area (Å²) < 4.78 is 38.2. The van der Waals surface area contributed by atoms with Gasteiger partial charge in [0.05, 0.1) is 5.56 Å². The molecule has 0 aromatic heterocycles. The molecule has 0 saturated heterocycles. The number of anilines is 2. The van der Waals surface area contributed by atoms with E-state index in [0.717, 1.165) is 28.9 Å². The molecule has 0 fully saturated rings. The molecule has 2 rings (SSSR count). The van der Waals surface area contributed by atoms with Crippen LogP contribution in [0.15, 0.2) is 42.5 Å². The highest BCUT2D eigenvalue weighted by molar-refractivity contribution is 5.57. The molecular weight excluding hydrogens is 301 g/mol. The fourth-order valence-corrected chi connectivity index (χ4v) is 2.47. The first-order chi connectivity index (χ1) is 10.8. The molecule has 2 aromatic carbocycles. The van der Waals surface area contributed by atoms with Gasteiger partial charge in [-0.3, -0.25) is 0 Å². The van der Waals surface area contributed by atoms with E-state index in [1.807, 2.05) is 39.0 Å². The van der Waals surface area contributed by atoms with Crippen molar-refractivity contribution in [2.24, 2.45) is 0 Å². The van der Waals surface area contributed by atoms with Gasteiger partial charge in [0.15, 0.2) is 0 Å². The summed E-state index contributed by atoms with van der Waals surface area (Å²) in [7, 11) is 0. The van der Waals surface area contributed by atoms with Crippen molar-refractivity contribution < 1.29 is 13.2 Å². The van der Waals surface area contributed by atoms with Crippen LogP contribution in [0.5, 0.6) is 0 Å². The molecule has 2 aromatic rings. The van der Waals surface area contributed by atoms with Crippen molar-refractivity contribution >= 4 is 11.4 Å². The predicted molar refractivity (Wildman–Crippen MR) is 88.9 cm³/mol. The SMILES string of the molecule is Cc1cccc(C)c1NCC(C)Nc1cccc(C(F)(F)F)c1. The van der Waals surface area contributed by atoms with Crippen LogP contribution in [0.3, 0.4) is 0 Å². The zero-order chi connectivity index (χ0) is 17.0. The Morgan fingerprint density at radius 1 is 1.00 bits per heavy atom. The average Bonchev–Trinajstić information content (AvgIpc) is 2.46. The number of para-hydroxylation sites is 1. The second-order valence-corrected chi connectivity index (χ2v) is 5.77. The third kappa shape index (κ3) is 4.65. The topological polar surface area (TPSA) is 24.1 Å². The Balaban J connectivity index is 1.99. The molecule has 0 aliphatic rings. The van der Waals surface area contributed by atoms with Gasteiger partial charge in [-0.15, -0.1) is 0 Å². The minimum atomic E-state index is -4.32. The number of hydrogen-bond acceptors (Lipinski definition) is 2. The van der Waals surface area contributed by atoms with E-state index in [1.165, 1.54) is 6.07 Å². The van der Waals surface area contributed by atoms with E-state index in [2.05, 4.69) is 10.6 Å². The van der Waals surface area contributed by atoms with Crippen LogP contribution < -0.4 is 10.6 Å². The van der Waals surface area contributed by atoms with Crippen LogP contribution in [-0.4, -0.2) is 12.6 Å². The van der Waals surface area contributed by atoms with Crippen molar-refractivity contribution in [1.29, 1.82) is 0 Å². The number of alkyl halides is 3. The lowest BCUT2D eigenvalue weighted by atomic mass is 10.1. The molecule has 2 N–H and O–H groups in total. The van der Waals surface area contributed by atoms with Crippen LogP contribution >= 0.6 is 0 Å². The largest absolute Gasteiger partial charge is 0.416 e. The monoisotopic (exact) mass is 322 g/mol. The second-order valence-electron chi connectivity index (χ2n) is 5.77. The Kier molecular flexibility index (Phi) is 5.19. The van der Waals surface area contributed by atoms with Crippen molar-refractivity contribution in [3.63, 3.8) is 0 Å². The normalized spacial score (nSPS) is 12.8. The standard InChI is InChI=1S/C18H21F3N2/c1-12-6-4-7-13(2)17(12)22-11-14(3)23-16-9-5-8-15(10-16)18(19,20)21/h4-10,14,22-23H,11H2,1-3H3. The molecule has 2 nitrogen and oxygen atoms in total. The number of benzene rings is 2. The lowest BCUT2D eigenvalue weighted by molar-refractivity contribution is -0.137. The summed E-state index contributed by atoms with van der Waals surface area (Å²) in [6.45, 7) is 6.60. The molecule has 124 valence electrons. The van der Waals surface area contributed by atoms with Gasteiger partial charge in [-0.2, -0.15) is 13.2 Å². The molecule has 0 heterocycles. The van der Waals surface area contributed by atoms with Crippen molar-refractivity contribution in [3.05, 3.63) is 59.2 Å². The lowest BCUT2D eigenvalue weighted by Crippen LogP contribution is -2.25. The van der Waals surface area contributed by atoms with Gasteiger partial charge in [-0.05, 0) is 50.1 Å². The number of aryl methyl sites for hydroxylation is 2. The highest BCUT2D eigenvalue weighted by Crippen LogP contribution is 2.30. The van der Waals surface area contributed by atoms with Crippen LogP contribution in [-0.2, 0) is 6.18 Å². The van der Waals surface area contributed by atoms with Crippen LogP contribution in [0, 0.1) is 13.8 Å². The number of halogens is 3. The number of rotatable bonds is 5. The highest BCUT2D eigenvalue weighted by Gasteiger charge is 2.30. The van der Waals surface area contributed by atoms with Gasteiger partial charge in [0.1, 0.15) is 0 Å². The van der Waals surface area contributed by atoms with Gasteiger partial charge < -0.3 is 10.6 Å². The molecule has 0 aliphatic heterocycles. The smallest absolute Gasteiger partial charge is 0.383 e. The summed E-state index contributed by atoms with van der Waals surface area (Å²) >= 11 is 0. The van der Waals surface area contributed by atoms with Gasteiger partial charge >= 0.3 is 6.18 Å². The number of nitrogens with one attached hydrogen (secondary N) is 2. The van der Waals surface area contributed by atoms with Gasteiger partial charge in [-0.25, -0.2) is 0 Å². The van der Waals surface area contributed by atoms with Crippen LogP contribution in [0.1, 0.15) is 23.6 Å². The van der Waals surface area contributed by atoms with Gasteiger partial charge in [0.25, 0.3) is 0 Å². The average molecular weight is 322 g/mol. The van der Waals surface area contributed by atoms with Gasteiger partial charge in [0, 0.05) is 24.0 Å². The summed E-state index contributed by atoms with van der Waals surface area (Å²) in [6.07, 6.45) is -4.32. The summed E-state index contributed by atoms with van der Waals surface area (Å²) in [5.74, 6) is 0. The van der Waals surface area contributed by atoms with E-state index in [4.69, 9.17) is 0 Å². The molecule has 0 amide bonds. The molecule has 1 atom stereocenters. The minimum absolute atomic E-state index is 0.0162. The summed E-state index contributed by atoms with van der Waals surface area (Å²) in [6, 6.07) is 11.3. The number of hydrogen-bond donors (Lipinski definition) is 2. The molecule has 0 spiro atoms. The first-order valence-corrected chi connectivity index (χ1v) is 7.51.